The number of amides is 4. The van der Waals surface area contributed by atoms with Gasteiger partial charge in [-0.1, -0.05) is 46.4 Å². The molecule has 9 rings (SSSR count). The third-order valence-corrected chi connectivity index (χ3v) is 26.0. The number of ether oxygens (including phenoxy) is 5. The van der Waals surface area contributed by atoms with Crippen molar-refractivity contribution >= 4 is 143 Å². The molecule has 9 heterocycles. The molecule has 11 atom stereocenters. The predicted octanol–water partition coefficient (Wildman–Crippen LogP) is 14.7. The standard InChI is InChI=1S/C20H33ClN4O4S.C20H30ClN3O4S.C19H30ClN3O4S.C19H28ClN3O4S/c1-17(2,3)29-16(26)25-11-19(7,24-30(28)18(4,5)6)12-9-13(20(8,27)10-22)23-15(21)14(12)25;1-17(2,3)28-16(25)24-10-19(7,23-29(26)18(4,5)6)12-9-13(20(8)11-27-20)22-15(21)14(12)24;2*1-11(24)13-9-12-14(15(20)21-13)23(16(25)27-17(2,3)4)10-19(12,8)22-28(26)18(5,6)7/h9,24,27H,10-11,22H2,1-8H3;9,23H,10-11H2,1-8H3;9,11,22,24H,10H2,1-8H3;9,22H,10H2,1-8H3/t19-,20?,30?;19-,20?,29?;11?,19-,28?;19-,28?/m1111/s1. The number of anilines is 4. The maximum atomic E-state index is 12.9. The van der Waals surface area contributed by atoms with Crippen LogP contribution in [-0.2, 0) is 101 Å². The second kappa shape index (κ2) is 34.4. The molecule has 1 fully saturated rings. The number of rotatable bonds is 13. The maximum Gasteiger partial charge on any atom is 0.414 e. The van der Waals surface area contributed by atoms with Gasteiger partial charge < -0.3 is 39.6 Å². The fraction of sp³-hybridized carbons (Fsp3) is 0.679. The quantitative estimate of drug-likeness (QED) is 0.0283. The lowest BCUT2D eigenvalue weighted by molar-refractivity contribution is 0.0567. The van der Waals surface area contributed by atoms with Crippen molar-refractivity contribution in [2.75, 3.05) is 58.9 Å². The molecule has 646 valence electrons. The molecule has 8 N–H and O–H groups in total. The highest BCUT2D eigenvalue weighted by Crippen LogP contribution is 2.51. The fourth-order valence-electron chi connectivity index (χ4n) is 11.7. The van der Waals surface area contributed by atoms with Crippen LogP contribution >= 0.6 is 46.4 Å². The van der Waals surface area contributed by atoms with Crippen LogP contribution in [0.4, 0.5) is 41.9 Å². The molecule has 0 bridgehead atoms. The number of aliphatic hydroxyl groups is 2. The molecule has 0 spiro atoms. The first-order chi connectivity index (χ1) is 51.6. The van der Waals surface area contributed by atoms with Crippen LogP contribution in [0.15, 0.2) is 24.3 Å². The first-order valence-electron chi connectivity index (χ1n) is 37.5. The van der Waals surface area contributed by atoms with Gasteiger partial charge in [0.05, 0.1) is 164 Å². The Hall–Kier alpha value is -5.21. The number of nitrogens with zero attached hydrogens (tertiary/aromatic N) is 8. The number of epoxide rings is 1. The van der Waals surface area contributed by atoms with Gasteiger partial charge in [0.1, 0.15) is 39.3 Å². The summed E-state index contributed by atoms with van der Waals surface area (Å²) in [5, 5.41) is 21.0. The van der Waals surface area contributed by atoms with Crippen LogP contribution in [0.5, 0.6) is 0 Å². The summed E-state index contributed by atoms with van der Waals surface area (Å²) >= 11 is 25.8. The molecule has 37 heteroatoms. The van der Waals surface area contributed by atoms with Crippen LogP contribution in [-0.4, -0.2) is 158 Å². The minimum atomic E-state index is -1.44. The summed E-state index contributed by atoms with van der Waals surface area (Å²) < 4.78 is 89.7. The number of aliphatic hydroxyl groups excluding tert-OH is 1. The molecule has 5 aliphatic rings. The van der Waals surface area contributed by atoms with Crippen LogP contribution < -0.4 is 44.2 Å². The Kier molecular flexibility index (Phi) is 29.5. The second-order valence-electron chi connectivity index (χ2n) is 38.6. The number of pyridine rings is 4. The molecule has 5 aliphatic heterocycles. The molecule has 7 unspecified atom stereocenters. The number of fused-ring (bicyclic) bond motifs is 4. The molecule has 0 saturated carbocycles. The van der Waals surface area contributed by atoms with E-state index in [-0.39, 0.29) is 70.5 Å². The average Bonchev–Trinajstić information content (AvgIpc) is 1.59. The van der Waals surface area contributed by atoms with E-state index in [2.05, 4.69) is 38.8 Å². The van der Waals surface area contributed by atoms with Crippen molar-refractivity contribution in [3.8, 4) is 0 Å². The van der Waals surface area contributed by atoms with Crippen LogP contribution in [0.25, 0.3) is 0 Å². The van der Waals surface area contributed by atoms with Crippen LogP contribution in [0.1, 0.15) is 277 Å². The van der Waals surface area contributed by atoms with Crippen molar-refractivity contribution in [2.45, 2.75) is 302 Å². The average molecular weight is 1770 g/mol. The number of carbonyl (C=O) groups excluding carboxylic acids is 5. The van der Waals surface area contributed by atoms with Gasteiger partial charge >= 0.3 is 24.4 Å². The Morgan fingerprint density at radius 2 is 0.730 bits per heavy atom. The SMILES string of the molecule is CC(=O)c1cc2c(c(Cl)n1)N(C(=O)OC(C)(C)C)C[C@@]2(C)NS(=O)C(C)(C)C.CC(C)(C)OC(=O)N1C[C@@](C)(NS(=O)C(C)(C)C)c2cc(C(C)(O)CN)nc(Cl)c21.CC(C)(C)OC(=O)N1C[C@@](C)(NS(=O)C(C)(C)C)c2cc(C3(C)CO3)nc(Cl)c21.CC(O)c1cc2c(c(Cl)n1)N(C(=O)OC(C)(C)C)C[C@@]2(C)NS(=O)C(C)(C)C. The van der Waals surface area contributed by atoms with E-state index >= 15 is 0 Å². The van der Waals surface area contributed by atoms with Crippen LogP contribution in [0.3, 0.4) is 0 Å². The molecule has 4 aromatic rings. The van der Waals surface area contributed by atoms with Gasteiger partial charge in [-0.3, -0.25) is 24.4 Å². The molecular formula is C78H121Cl4N13O16S4. The monoisotopic (exact) mass is 1760 g/mol. The molecule has 115 heavy (non-hydrogen) atoms. The van der Waals surface area contributed by atoms with Crippen molar-refractivity contribution in [3.05, 3.63) is 89.9 Å². The summed E-state index contributed by atoms with van der Waals surface area (Å²) in [6, 6.07) is 6.85. The van der Waals surface area contributed by atoms with Crippen molar-refractivity contribution in [2.24, 2.45) is 5.73 Å². The van der Waals surface area contributed by atoms with Gasteiger partial charge in [0.25, 0.3) is 0 Å². The van der Waals surface area contributed by atoms with Crippen molar-refractivity contribution < 1.29 is 74.7 Å². The van der Waals surface area contributed by atoms with E-state index in [1.165, 1.54) is 33.4 Å². The normalized spacial score (nSPS) is 23.2. The summed E-state index contributed by atoms with van der Waals surface area (Å²) in [5.41, 5.74) is 3.30. The Morgan fingerprint density at radius 3 is 0.991 bits per heavy atom. The lowest BCUT2D eigenvalue weighted by Crippen LogP contribution is -2.50. The van der Waals surface area contributed by atoms with E-state index in [0.717, 1.165) is 5.56 Å². The Bertz CT molecular complexity index is 4500. The minimum Gasteiger partial charge on any atom is -0.443 e. The lowest BCUT2D eigenvalue weighted by atomic mass is 9.92. The summed E-state index contributed by atoms with van der Waals surface area (Å²) in [4.78, 5) is 86.2. The molecule has 4 aromatic heterocycles. The smallest absolute Gasteiger partial charge is 0.414 e. The van der Waals surface area contributed by atoms with E-state index in [0.29, 0.717) is 57.4 Å². The highest BCUT2D eigenvalue weighted by atomic mass is 35.5. The maximum absolute atomic E-state index is 12.9. The van der Waals surface area contributed by atoms with Gasteiger partial charge in [-0.25, -0.2) is 74.8 Å². The van der Waals surface area contributed by atoms with Crippen molar-refractivity contribution in [1.82, 2.24) is 38.8 Å². The minimum absolute atomic E-state index is 0.0284. The number of Topliss-reactive ketones (excluding diaryl/α,β-unsaturated/α-hetero) is 1. The highest BCUT2D eigenvalue weighted by Gasteiger charge is 2.54. The number of halogens is 4. The van der Waals surface area contributed by atoms with Gasteiger partial charge in [-0.2, -0.15) is 0 Å². The number of aromatic nitrogens is 4. The molecule has 0 aliphatic carbocycles. The van der Waals surface area contributed by atoms with E-state index in [4.69, 9.17) is 75.8 Å². The predicted molar refractivity (Wildman–Crippen MR) is 457 cm³/mol. The second-order valence-corrected chi connectivity index (χ2v) is 47.9. The highest BCUT2D eigenvalue weighted by molar-refractivity contribution is 7.85. The number of carbonyl (C=O) groups is 5. The van der Waals surface area contributed by atoms with Gasteiger partial charge in [-0.05, 0) is 239 Å². The number of hydrogen-bond acceptors (Lipinski definition) is 21. The fourth-order valence-corrected chi connectivity index (χ4v) is 16.4. The number of ketones is 1. The number of hydrogen-bond donors (Lipinski definition) is 7. The van der Waals surface area contributed by atoms with Crippen LogP contribution in [0.2, 0.25) is 20.6 Å². The third kappa shape index (κ3) is 24.1. The van der Waals surface area contributed by atoms with E-state index in [1.54, 1.807) is 87.4 Å². The Labute approximate surface area is 708 Å². The zero-order valence-electron chi connectivity index (χ0n) is 72.5. The zero-order chi connectivity index (χ0) is 88.6. The van der Waals surface area contributed by atoms with Gasteiger partial charge in [0, 0.05) is 35.7 Å². The first kappa shape index (κ1) is 98.6. The van der Waals surface area contributed by atoms with E-state index < -0.39 is 149 Å². The first-order valence-corrected chi connectivity index (χ1v) is 43.6. The zero-order valence-corrected chi connectivity index (χ0v) is 78.8. The number of nitrogens with two attached hydrogens (primary N) is 1. The summed E-state index contributed by atoms with van der Waals surface area (Å²) in [6.45, 7) is 58.8. The molecule has 0 radical (unpaired) electrons. The summed E-state index contributed by atoms with van der Waals surface area (Å²) in [5.74, 6) is -0.250. The van der Waals surface area contributed by atoms with Crippen molar-refractivity contribution in [1.29, 1.82) is 0 Å². The number of nitrogens with one attached hydrogen (secondary N) is 4. The summed E-state index contributed by atoms with van der Waals surface area (Å²) in [6.07, 6.45) is -3.08. The summed E-state index contributed by atoms with van der Waals surface area (Å²) in [7, 11) is -5.62. The van der Waals surface area contributed by atoms with Crippen LogP contribution in [0, 0.1) is 0 Å². The Morgan fingerprint density at radius 1 is 0.470 bits per heavy atom. The van der Waals surface area contributed by atoms with Gasteiger partial charge in [0.15, 0.2) is 26.4 Å². The Balaban J connectivity index is 0.000000239. The molecular weight excluding hydrogens is 1650 g/mol. The topological polar surface area (TPSA) is 382 Å². The molecule has 0 aromatic carbocycles. The van der Waals surface area contributed by atoms with Gasteiger partial charge in [-0.15, -0.1) is 0 Å². The van der Waals surface area contributed by atoms with E-state index in [9.17, 15) is 51.0 Å². The molecule has 4 amide bonds. The largest absolute Gasteiger partial charge is 0.443 e. The lowest BCUT2D eigenvalue weighted by Gasteiger charge is -2.31. The van der Waals surface area contributed by atoms with Crippen molar-refractivity contribution in [3.63, 3.8) is 0 Å². The molecule has 29 nitrogen and oxygen atoms in total. The third-order valence-electron chi connectivity index (χ3n) is 18.0. The molecule has 1 saturated heterocycles. The van der Waals surface area contributed by atoms with E-state index in [1.807, 2.05) is 145 Å². The van der Waals surface area contributed by atoms with Gasteiger partial charge in [0.2, 0.25) is 0 Å².